The summed E-state index contributed by atoms with van der Waals surface area (Å²) in [6, 6.07) is 49.3. The van der Waals surface area contributed by atoms with E-state index in [2.05, 4.69) is 99.0 Å². The predicted molar refractivity (Wildman–Crippen MR) is 261 cm³/mol. The van der Waals surface area contributed by atoms with E-state index in [0.29, 0.717) is 5.56 Å². The molecule has 0 aromatic heterocycles. The SMILES string of the molecule is CCc1ccc(C(=CC2(C=C(c3ccccc3)c3ccc(CC)cc3Nc3ccccc3C)OC(=O)c3c(Cl)c(Cl)c(Cl)c(Cl)c32)c2ccccc2)c(Nc2ccccc2C)c1. The van der Waals surface area contributed by atoms with E-state index in [-0.39, 0.29) is 25.7 Å². The Morgan fingerprint density at radius 2 is 0.952 bits per heavy atom. The molecule has 0 aliphatic carbocycles. The second-order valence-corrected chi connectivity index (χ2v) is 16.9. The first kappa shape index (κ1) is 42.9. The highest BCUT2D eigenvalue weighted by atomic mass is 35.5. The lowest BCUT2D eigenvalue weighted by Gasteiger charge is -2.28. The van der Waals surface area contributed by atoms with E-state index in [1.165, 1.54) is 0 Å². The Morgan fingerprint density at radius 3 is 1.39 bits per heavy atom. The highest BCUT2D eigenvalue weighted by molar-refractivity contribution is 6.53. The van der Waals surface area contributed by atoms with E-state index in [0.717, 1.165) is 91.2 Å². The summed E-state index contributed by atoms with van der Waals surface area (Å²) < 4.78 is 6.76. The summed E-state index contributed by atoms with van der Waals surface area (Å²) in [5.74, 6) is -0.683. The maximum absolute atomic E-state index is 14.5. The minimum Gasteiger partial charge on any atom is -0.442 e. The molecule has 62 heavy (non-hydrogen) atoms. The van der Waals surface area contributed by atoms with Gasteiger partial charge in [0.15, 0.2) is 5.60 Å². The van der Waals surface area contributed by atoms with E-state index < -0.39 is 11.6 Å². The van der Waals surface area contributed by atoms with Crippen LogP contribution in [0.3, 0.4) is 0 Å². The molecule has 2 N–H and O–H groups in total. The first-order chi connectivity index (χ1) is 30.0. The van der Waals surface area contributed by atoms with E-state index in [1.807, 2.05) is 97.1 Å². The number of cyclic esters (lactones) is 1. The Balaban J connectivity index is 1.50. The number of carbonyl (C=O) groups excluding carboxylic acids is 1. The van der Waals surface area contributed by atoms with Crippen molar-refractivity contribution in [3.63, 3.8) is 0 Å². The lowest BCUT2D eigenvalue weighted by molar-refractivity contribution is 0.0300. The Bertz CT molecular complexity index is 2740. The van der Waals surface area contributed by atoms with Crippen molar-refractivity contribution in [2.45, 2.75) is 46.1 Å². The van der Waals surface area contributed by atoms with Crippen LogP contribution in [0.2, 0.25) is 20.1 Å². The van der Waals surface area contributed by atoms with Gasteiger partial charge in [-0.3, -0.25) is 0 Å². The van der Waals surface area contributed by atoms with Gasteiger partial charge in [-0.2, -0.15) is 0 Å². The Hall–Kier alpha value is -5.75. The number of aryl methyl sites for hydroxylation is 4. The van der Waals surface area contributed by atoms with Crippen molar-refractivity contribution in [2.75, 3.05) is 10.6 Å². The normalized spacial score (nSPS) is 15.0. The van der Waals surface area contributed by atoms with Gasteiger partial charge in [-0.25, -0.2) is 4.79 Å². The van der Waals surface area contributed by atoms with Gasteiger partial charge in [0.2, 0.25) is 0 Å². The van der Waals surface area contributed by atoms with E-state index in [4.69, 9.17) is 51.1 Å². The molecule has 1 heterocycles. The van der Waals surface area contributed by atoms with Gasteiger partial charge in [0.05, 0.1) is 25.7 Å². The predicted octanol–water partition coefficient (Wildman–Crippen LogP) is 16.2. The first-order valence-corrected chi connectivity index (χ1v) is 22.1. The van der Waals surface area contributed by atoms with Gasteiger partial charge in [0.25, 0.3) is 0 Å². The maximum atomic E-state index is 14.5. The lowest BCUT2D eigenvalue weighted by atomic mass is 9.82. The molecular weight excluding hydrogens is 850 g/mol. The topological polar surface area (TPSA) is 50.4 Å². The molecule has 310 valence electrons. The third-order valence-corrected chi connectivity index (χ3v) is 13.2. The maximum Gasteiger partial charge on any atom is 0.341 e. The number of hydrogen-bond donors (Lipinski definition) is 2. The number of para-hydroxylation sites is 2. The molecule has 0 amide bonds. The van der Waals surface area contributed by atoms with Crippen LogP contribution in [0.5, 0.6) is 0 Å². The van der Waals surface area contributed by atoms with Gasteiger partial charge in [0.1, 0.15) is 0 Å². The molecule has 7 aromatic rings. The molecule has 1 aliphatic heterocycles. The first-order valence-electron chi connectivity index (χ1n) is 20.6. The van der Waals surface area contributed by atoms with Crippen LogP contribution in [0, 0.1) is 13.8 Å². The number of nitrogens with one attached hydrogen (secondary N) is 2. The van der Waals surface area contributed by atoms with Crippen molar-refractivity contribution in [3.8, 4) is 0 Å². The fourth-order valence-electron chi connectivity index (χ4n) is 8.00. The minimum absolute atomic E-state index is 0.0208. The molecule has 1 aliphatic rings. The average molecular weight is 895 g/mol. The summed E-state index contributed by atoms with van der Waals surface area (Å²) in [7, 11) is 0. The lowest BCUT2D eigenvalue weighted by Crippen LogP contribution is -2.23. The largest absolute Gasteiger partial charge is 0.442 e. The quantitative estimate of drug-likeness (QED) is 0.0729. The van der Waals surface area contributed by atoms with Crippen LogP contribution in [0.4, 0.5) is 22.7 Å². The molecule has 0 unspecified atom stereocenters. The van der Waals surface area contributed by atoms with Crippen LogP contribution in [-0.4, -0.2) is 5.97 Å². The van der Waals surface area contributed by atoms with Crippen molar-refractivity contribution in [1.82, 2.24) is 0 Å². The number of fused-ring (bicyclic) bond motifs is 1. The van der Waals surface area contributed by atoms with Gasteiger partial charge in [-0.15, -0.1) is 0 Å². The number of hydrogen-bond acceptors (Lipinski definition) is 4. The molecule has 0 saturated carbocycles. The third-order valence-electron chi connectivity index (χ3n) is 11.4. The number of ether oxygens (including phenoxy) is 1. The van der Waals surface area contributed by atoms with Crippen molar-refractivity contribution in [2.24, 2.45) is 0 Å². The number of benzene rings is 7. The van der Waals surface area contributed by atoms with Crippen LogP contribution >= 0.6 is 46.4 Å². The van der Waals surface area contributed by atoms with Crippen LogP contribution in [-0.2, 0) is 23.2 Å². The fraction of sp³-hybridized carbons (Fsp3) is 0.130. The molecule has 4 nitrogen and oxygen atoms in total. The van der Waals surface area contributed by atoms with Crippen molar-refractivity contribution in [3.05, 3.63) is 233 Å². The second-order valence-electron chi connectivity index (χ2n) is 15.4. The zero-order chi connectivity index (χ0) is 43.5. The smallest absolute Gasteiger partial charge is 0.341 e. The summed E-state index contributed by atoms with van der Waals surface area (Å²) in [6.45, 7) is 8.43. The van der Waals surface area contributed by atoms with Crippen LogP contribution in [0.15, 0.2) is 158 Å². The van der Waals surface area contributed by atoms with E-state index >= 15 is 0 Å². The Kier molecular flexibility index (Phi) is 12.7. The van der Waals surface area contributed by atoms with Crippen molar-refractivity contribution in [1.29, 1.82) is 0 Å². The summed E-state index contributed by atoms with van der Waals surface area (Å²) in [4.78, 5) is 14.5. The summed E-state index contributed by atoms with van der Waals surface area (Å²) >= 11 is 27.9. The third kappa shape index (κ3) is 8.41. The highest BCUT2D eigenvalue weighted by Gasteiger charge is 2.48. The summed E-state index contributed by atoms with van der Waals surface area (Å²) in [5.41, 5.74) is 11.8. The molecule has 0 spiro atoms. The number of anilines is 4. The van der Waals surface area contributed by atoms with Gasteiger partial charge in [0, 0.05) is 39.4 Å². The number of esters is 1. The van der Waals surface area contributed by atoms with Crippen LogP contribution in [0.1, 0.15) is 74.3 Å². The molecule has 0 radical (unpaired) electrons. The molecule has 8 heteroatoms. The van der Waals surface area contributed by atoms with Gasteiger partial charge in [-0.05, 0) is 108 Å². The van der Waals surface area contributed by atoms with E-state index in [9.17, 15) is 4.79 Å². The second kappa shape index (κ2) is 18.3. The number of carbonyl (C=O) groups is 1. The molecule has 0 saturated heterocycles. The number of halogens is 4. The van der Waals surface area contributed by atoms with Crippen molar-refractivity contribution >= 4 is 86.3 Å². The summed E-state index contributed by atoms with van der Waals surface area (Å²) in [6.07, 6.45) is 5.60. The molecule has 7 aromatic carbocycles. The average Bonchev–Trinajstić information content (AvgIpc) is 3.59. The van der Waals surface area contributed by atoms with Gasteiger partial charge >= 0.3 is 5.97 Å². The molecule has 0 fully saturated rings. The molecule has 0 atom stereocenters. The standard InChI is InChI=1S/C54H44Cl4N2O2/c1-5-35-25-27-39(45(29-35)59-43-23-15-13-17-33(43)3)41(37-19-9-7-10-20-37)31-54(48-47(53(61)62-54)49(55)51(57)52(58)50(48)56)32-42(38-21-11-8-12-22-38)40-28-26-36(6-2)30-46(40)60-44-24-16-14-18-34(44)4/h7-32,59-60H,5-6H2,1-4H3. The summed E-state index contributed by atoms with van der Waals surface area (Å²) in [5, 5.41) is 7.53. The monoisotopic (exact) mass is 892 g/mol. The Morgan fingerprint density at radius 1 is 0.532 bits per heavy atom. The van der Waals surface area contributed by atoms with Crippen LogP contribution < -0.4 is 10.6 Å². The van der Waals surface area contributed by atoms with Gasteiger partial charge in [-0.1, -0.05) is 182 Å². The molecule has 0 bridgehead atoms. The van der Waals surface area contributed by atoms with Crippen LogP contribution in [0.25, 0.3) is 11.1 Å². The molecular formula is C54H44Cl4N2O2. The van der Waals surface area contributed by atoms with Crippen molar-refractivity contribution < 1.29 is 9.53 Å². The zero-order valence-corrected chi connectivity index (χ0v) is 37.8. The number of rotatable bonds is 12. The minimum atomic E-state index is -1.69. The highest BCUT2D eigenvalue weighted by Crippen LogP contribution is 2.54. The zero-order valence-electron chi connectivity index (χ0n) is 34.8. The Labute approximate surface area is 383 Å². The van der Waals surface area contributed by atoms with Gasteiger partial charge < -0.3 is 15.4 Å². The fourth-order valence-corrected chi connectivity index (χ4v) is 9.08. The van der Waals surface area contributed by atoms with E-state index in [1.54, 1.807) is 0 Å². The molecule has 8 rings (SSSR count).